The normalized spacial score (nSPS) is 51.7. The first-order valence-electron chi connectivity index (χ1n) is 18.7. The number of rotatable bonds is 4. The number of hydrogen-bond acceptors (Lipinski definition) is 3. The van der Waals surface area contributed by atoms with Gasteiger partial charge in [0, 0.05) is 17.0 Å². The zero-order valence-electron chi connectivity index (χ0n) is 26.5. The van der Waals surface area contributed by atoms with Crippen molar-refractivity contribution in [2.24, 2.45) is 82.2 Å². The first-order valence-corrected chi connectivity index (χ1v) is 18.7. The van der Waals surface area contributed by atoms with Crippen LogP contribution in [0.1, 0.15) is 88.5 Å². The van der Waals surface area contributed by atoms with E-state index in [2.05, 4.69) is 60.5 Å². The molecule has 8 aliphatic carbocycles. The average Bonchev–Trinajstić information content (AvgIpc) is 3.48. The lowest BCUT2D eigenvalue weighted by atomic mass is 9.66. The summed E-state index contributed by atoms with van der Waals surface area (Å²) in [5.41, 5.74) is 11.5. The van der Waals surface area contributed by atoms with E-state index in [1.807, 2.05) is 0 Å². The predicted octanol–water partition coefficient (Wildman–Crippen LogP) is 8.30. The Bertz CT molecular complexity index is 1440. The molecule has 6 fully saturated rings. The molecule has 6 saturated carbocycles. The monoisotopic (exact) mass is 588 g/mol. The maximum Gasteiger partial charge on any atom is 0.137 e. The molecule has 3 N–H and O–H groups in total. The lowest BCUT2D eigenvalue weighted by Gasteiger charge is -2.41. The Kier molecular flexibility index (Phi) is 5.81. The Balaban J connectivity index is 0.948. The van der Waals surface area contributed by atoms with Crippen molar-refractivity contribution >= 4 is 12.0 Å². The Hall–Kier alpha value is -2.13. The minimum absolute atomic E-state index is 0.0204. The number of fused-ring (bicyclic) bond motifs is 6. The number of nitrogens with two attached hydrogens (primary N) is 1. The molecular weight excluding hydrogens is 536 g/mol. The molecule has 0 amide bonds. The molecule has 0 saturated heterocycles. The van der Waals surface area contributed by atoms with Crippen LogP contribution in [0.5, 0.6) is 0 Å². The van der Waals surface area contributed by atoms with Crippen LogP contribution in [0.2, 0.25) is 0 Å². The molecular formula is C41H52N2O. The van der Waals surface area contributed by atoms with E-state index in [1.165, 1.54) is 87.5 Å². The molecule has 1 aromatic carbocycles. The number of carbonyl (C=O) groups excluding carboxylic acids is 1. The Labute approximate surface area is 264 Å². The molecule has 3 nitrogen and oxygen atoms in total. The van der Waals surface area contributed by atoms with Crippen molar-refractivity contribution in [3.8, 4) is 0 Å². The van der Waals surface area contributed by atoms with E-state index in [0.29, 0.717) is 47.3 Å². The lowest BCUT2D eigenvalue weighted by Crippen LogP contribution is -2.46. The molecule has 44 heavy (non-hydrogen) atoms. The van der Waals surface area contributed by atoms with Crippen LogP contribution < -0.4 is 11.1 Å². The van der Waals surface area contributed by atoms with Crippen LogP contribution in [0.3, 0.4) is 0 Å². The second-order valence-corrected chi connectivity index (χ2v) is 17.4. The molecule has 1 spiro atoms. The maximum absolute atomic E-state index is 12.7. The van der Waals surface area contributed by atoms with Crippen molar-refractivity contribution in [3.63, 3.8) is 0 Å². The largest absolute Gasteiger partial charge is 0.375 e. The summed E-state index contributed by atoms with van der Waals surface area (Å²) in [4.78, 5) is 12.7. The molecule has 1 aromatic rings. The van der Waals surface area contributed by atoms with Gasteiger partial charge < -0.3 is 15.8 Å². The topological polar surface area (TPSA) is 55.1 Å². The first-order chi connectivity index (χ1) is 21.5. The van der Waals surface area contributed by atoms with Crippen molar-refractivity contribution in [1.82, 2.24) is 0 Å². The highest BCUT2D eigenvalue weighted by Crippen LogP contribution is 2.77. The van der Waals surface area contributed by atoms with E-state index < -0.39 is 0 Å². The first kappa shape index (κ1) is 27.0. The molecule has 10 aliphatic rings. The van der Waals surface area contributed by atoms with Gasteiger partial charge in [-0.1, -0.05) is 80.3 Å². The van der Waals surface area contributed by atoms with E-state index in [4.69, 9.17) is 5.73 Å². The highest BCUT2D eigenvalue weighted by atomic mass is 16.1. The van der Waals surface area contributed by atoms with Crippen molar-refractivity contribution < 1.29 is 4.79 Å². The zero-order valence-corrected chi connectivity index (χ0v) is 26.5. The number of carbonyl (C=O) groups is 1. The minimum atomic E-state index is -0.330. The van der Waals surface area contributed by atoms with Gasteiger partial charge in [0.1, 0.15) is 6.29 Å². The number of allylic oxidation sites excluding steroid dienone is 4. The SMILES string of the molecule is C=C1CCC2C(C3CC(C4CCCC4)CC13)C2(C(N)C=O)C1C=CC2C(CC3C2CC2CC4C=CC23Nc2ccccc24)C1. The molecule has 2 aliphatic heterocycles. The zero-order chi connectivity index (χ0) is 29.4. The summed E-state index contributed by atoms with van der Waals surface area (Å²) in [6.07, 6.45) is 27.7. The summed E-state index contributed by atoms with van der Waals surface area (Å²) in [6, 6.07) is 8.78. The number of aldehydes is 1. The van der Waals surface area contributed by atoms with Gasteiger partial charge in [0.05, 0.1) is 11.6 Å². The second-order valence-electron chi connectivity index (χ2n) is 17.4. The number of hydrogen-bond donors (Lipinski definition) is 2. The van der Waals surface area contributed by atoms with Crippen LogP contribution >= 0.6 is 0 Å². The Morgan fingerprint density at radius 1 is 0.886 bits per heavy atom. The molecule has 15 atom stereocenters. The summed E-state index contributed by atoms with van der Waals surface area (Å²) >= 11 is 0. The van der Waals surface area contributed by atoms with Gasteiger partial charge in [-0.3, -0.25) is 0 Å². The van der Waals surface area contributed by atoms with Crippen molar-refractivity contribution in [3.05, 3.63) is 66.3 Å². The third-order valence-corrected chi connectivity index (χ3v) is 16.3. The van der Waals surface area contributed by atoms with E-state index in [1.54, 1.807) is 0 Å². The summed E-state index contributed by atoms with van der Waals surface area (Å²) < 4.78 is 0. The average molecular weight is 589 g/mol. The van der Waals surface area contributed by atoms with Crippen LogP contribution in [0.25, 0.3) is 0 Å². The van der Waals surface area contributed by atoms with Crippen molar-refractivity contribution in [2.45, 2.75) is 94.5 Å². The van der Waals surface area contributed by atoms with Gasteiger partial charge in [-0.05, 0) is 134 Å². The fourth-order valence-electron chi connectivity index (χ4n) is 14.7. The fraction of sp³-hybridized carbons (Fsp3) is 0.683. The van der Waals surface area contributed by atoms with Crippen LogP contribution in [0.15, 0.2) is 60.7 Å². The van der Waals surface area contributed by atoms with Crippen molar-refractivity contribution in [2.75, 3.05) is 5.32 Å². The summed E-state index contributed by atoms with van der Waals surface area (Å²) in [5.74, 6) is 9.06. The quantitative estimate of drug-likeness (QED) is 0.275. The van der Waals surface area contributed by atoms with Crippen LogP contribution in [-0.4, -0.2) is 17.9 Å². The van der Waals surface area contributed by atoms with Crippen LogP contribution in [0.4, 0.5) is 5.69 Å². The summed E-state index contributed by atoms with van der Waals surface area (Å²) in [5, 5.41) is 4.21. The van der Waals surface area contributed by atoms with Gasteiger partial charge in [0.2, 0.25) is 0 Å². The van der Waals surface area contributed by atoms with E-state index in [9.17, 15) is 4.79 Å². The van der Waals surface area contributed by atoms with E-state index in [-0.39, 0.29) is 17.0 Å². The lowest BCUT2D eigenvalue weighted by molar-refractivity contribution is -0.111. The summed E-state index contributed by atoms with van der Waals surface area (Å²) in [6.45, 7) is 4.68. The highest BCUT2D eigenvalue weighted by Gasteiger charge is 2.74. The number of anilines is 1. The third-order valence-electron chi connectivity index (χ3n) is 16.3. The minimum Gasteiger partial charge on any atom is -0.375 e. The highest BCUT2D eigenvalue weighted by molar-refractivity contribution is 5.62. The van der Waals surface area contributed by atoms with Gasteiger partial charge in [0.15, 0.2) is 0 Å². The van der Waals surface area contributed by atoms with Gasteiger partial charge >= 0.3 is 0 Å². The fourth-order valence-corrected chi connectivity index (χ4v) is 14.7. The van der Waals surface area contributed by atoms with Crippen LogP contribution in [0, 0.1) is 76.4 Å². The van der Waals surface area contributed by atoms with Crippen molar-refractivity contribution in [1.29, 1.82) is 0 Å². The van der Waals surface area contributed by atoms with Crippen LogP contribution in [-0.2, 0) is 4.79 Å². The van der Waals surface area contributed by atoms with Gasteiger partial charge in [-0.25, -0.2) is 0 Å². The standard InChI is InChI=1S/C41H52N2O/c1-23-10-13-35-39(34-19-26(18-32(23)34)24-6-2-3-7-24)41(35,38(42)22-44)28-11-12-30-27(17-28)20-36-33(30)21-29-16-25-14-15-40(29,36)43-37-9-5-4-8-31(25)37/h4-5,8-9,11-12,14-15,22,24-30,32-36,38-39,43H,1-3,6-7,10,13,16-21,42H2. The second kappa shape index (κ2) is 9.46. The molecule has 3 heteroatoms. The van der Waals surface area contributed by atoms with Gasteiger partial charge in [0.25, 0.3) is 0 Å². The van der Waals surface area contributed by atoms with E-state index in [0.717, 1.165) is 42.3 Å². The van der Waals surface area contributed by atoms with Gasteiger partial charge in [-0.2, -0.15) is 0 Å². The summed E-state index contributed by atoms with van der Waals surface area (Å²) in [7, 11) is 0. The number of benzene rings is 1. The molecule has 2 bridgehead atoms. The third kappa shape index (κ3) is 3.41. The maximum atomic E-state index is 12.7. The number of para-hydroxylation sites is 1. The molecule has 0 radical (unpaired) electrons. The molecule has 11 rings (SSSR count). The molecule has 232 valence electrons. The Morgan fingerprint density at radius 2 is 1.75 bits per heavy atom. The number of nitrogens with one attached hydrogen (secondary N) is 1. The molecule has 15 unspecified atom stereocenters. The van der Waals surface area contributed by atoms with Gasteiger partial charge in [-0.15, -0.1) is 0 Å². The van der Waals surface area contributed by atoms with E-state index >= 15 is 0 Å². The molecule has 2 heterocycles. The Morgan fingerprint density at radius 3 is 2.61 bits per heavy atom. The predicted molar refractivity (Wildman–Crippen MR) is 177 cm³/mol. The molecule has 0 aromatic heterocycles. The smallest absolute Gasteiger partial charge is 0.137 e.